The Morgan fingerprint density at radius 3 is 2.46 bits per heavy atom. The molecular weight excluding hydrogens is 516 g/mol. The number of nitrogens with zero attached hydrogens (tertiary/aromatic N) is 2. The minimum Gasteiger partial charge on any atom is -0.481 e. The number of aliphatic hydroxyl groups excluding tert-OH is 1. The summed E-state index contributed by atoms with van der Waals surface area (Å²) in [5.74, 6) is -3.48. The third-order valence-corrected chi connectivity index (χ3v) is 8.48. The minimum absolute atomic E-state index is 0.0445. The lowest BCUT2D eigenvalue weighted by Crippen LogP contribution is -2.61. The Morgan fingerprint density at radius 2 is 1.91 bits per heavy atom. The standard InChI is InChI=1S/C26H41BrN2O6/c1-7-11-29(25(5,6)15-24(2,3)4)22(32)20-26-14-16(27)19(35-26)17(23(33)34)18(26)21(31)28(20)12-9-8-10-13-30/h7,16-20,30H,1,8-15H2,2-6H3,(H,33,34)/t16?,17-,18+,19-,20-,26+/m1/s1. The Kier molecular flexibility index (Phi) is 8.14. The second-order valence-corrected chi connectivity index (χ2v) is 13.3. The van der Waals surface area contributed by atoms with E-state index in [9.17, 15) is 19.5 Å². The van der Waals surface area contributed by atoms with Crippen molar-refractivity contribution in [3.05, 3.63) is 12.7 Å². The number of ether oxygens (including phenoxy) is 1. The van der Waals surface area contributed by atoms with Gasteiger partial charge in [0.15, 0.2) is 0 Å². The molecule has 3 aliphatic rings. The number of amides is 2. The summed E-state index contributed by atoms with van der Waals surface area (Å²) >= 11 is 3.59. The van der Waals surface area contributed by atoms with Gasteiger partial charge in [-0.1, -0.05) is 42.8 Å². The van der Waals surface area contributed by atoms with Gasteiger partial charge in [0.25, 0.3) is 0 Å². The van der Waals surface area contributed by atoms with Crippen molar-refractivity contribution in [2.24, 2.45) is 17.3 Å². The van der Waals surface area contributed by atoms with Crippen molar-refractivity contribution >= 4 is 33.7 Å². The van der Waals surface area contributed by atoms with Crippen molar-refractivity contribution in [1.82, 2.24) is 9.80 Å². The number of carbonyl (C=O) groups excluding carboxylic acids is 2. The van der Waals surface area contributed by atoms with Gasteiger partial charge in [0.05, 0.1) is 17.9 Å². The van der Waals surface area contributed by atoms with Crippen molar-refractivity contribution < 1.29 is 29.3 Å². The number of carboxylic acid groups (broad SMARTS) is 1. The third kappa shape index (κ3) is 5.05. The zero-order valence-electron chi connectivity index (χ0n) is 21.6. The first-order chi connectivity index (χ1) is 16.2. The summed E-state index contributed by atoms with van der Waals surface area (Å²) in [5.41, 5.74) is -1.75. The molecule has 3 rings (SSSR count). The van der Waals surface area contributed by atoms with E-state index in [1.807, 2.05) is 13.8 Å². The molecule has 3 heterocycles. The van der Waals surface area contributed by atoms with Crippen LogP contribution in [0.2, 0.25) is 0 Å². The van der Waals surface area contributed by atoms with E-state index in [0.29, 0.717) is 38.8 Å². The van der Waals surface area contributed by atoms with E-state index in [0.717, 1.165) is 6.42 Å². The van der Waals surface area contributed by atoms with Gasteiger partial charge in [0.2, 0.25) is 11.8 Å². The average molecular weight is 558 g/mol. The number of hydrogen-bond acceptors (Lipinski definition) is 5. The Morgan fingerprint density at radius 1 is 1.26 bits per heavy atom. The summed E-state index contributed by atoms with van der Waals surface area (Å²) in [6, 6.07) is -0.900. The summed E-state index contributed by atoms with van der Waals surface area (Å²) < 4.78 is 6.37. The maximum Gasteiger partial charge on any atom is 0.310 e. The Hall–Kier alpha value is -1.45. The van der Waals surface area contributed by atoms with Crippen molar-refractivity contribution in [3.8, 4) is 0 Å². The summed E-state index contributed by atoms with van der Waals surface area (Å²) in [4.78, 5) is 43.5. The number of aliphatic carboxylic acids is 1. The number of unbranched alkanes of at least 4 members (excludes halogenated alkanes) is 2. The molecule has 0 aliphatic carbocycles. The summed E-state index contributed by atoms with van der Waals surface area (Å²) in [6.45, 7) is 15.0. The van der Waals surface area contributed by atoms with Crippen molar-refractivity contribution in [1.29, 1.82) is 0 Å². The third-order valence-electron chi connectivity index (χ3n) is 7.64. The number of carbonyl (C=O) groups is 3. The van der Waals surface area contributed by atoms with Crippen LogP contribution in [0.1, 0.15) is 66.7 Å². The number of fused-ring (bicyclic) bond motifs is 1. The average Bonchev–Trinajstić information content (AvgIpc) is 3.31. The van der Waals surface area contributed by atoms with Crippen LogP contribution < -0.4 is 0 Å². The minimum atomic E-state index is -1.18. The molecule has 198 valence electrons. The van der Waals surface area contributed by atoms with Crippen LogP contribution in [-0.2, 0) is 19.1 Å². The van der Waals surface area contributed by atoms with Crippen LogP contribution in [0.3, 0.4) is 0 Å². The van der Waals surface area contributed by atoms with Gasteiger partial charge in [-0.15, -0.1) is 6.58 Å². The van der Waals surface area contributed by atoms with Gasteiger partial charge in [-0.05, 0) is 51.4 Å². The van der Waals surface area contributed by atoms with Crippen LogP contribution in [-0.4, -0.2) is 85.6 Å². The lowest BCUT2D eigenvalue weighted by Gasteiger charge is -2.45. The lowest BCUT2D eigenvalue weighted by molar-refractivity contribution is -0.153. The lowest BCUT2D eigenvalue weighted by atomic mass is 9.70. The van der Waals surface area contributed by atoms with Gasteiger partial charge in [-0.25, -0.2) is 0 Å². The van der Waals surface area contributed by atoms with Crippen molar-refractivity contribution in [2.75, 3.05) is 19.7 Å². The van der Waals surface area contributed by atoms with Crippen molar-refractivity contribution in [3.63, 3.8) is 0 Å². The molecule has 2 amide bonds. The van der Waals surface area contributed by atoms with E-state index in [1.54, 1.807) is 15.9 Å². The van der Waals surface area contributed by atoms with E-state index in [1.165, 1.54) is 0 Å². The molecule has 0 aromatic heterocycles. The Labute approximate surface area is 217 Å². The van der Waals surface area contributed by atoms with Crippen LogP contribution in [0.4, 0.5) is 0 Å². The number of alkyl halides is 1. The van der Waals surface area contributed by atoms with E-state index in [-0.39, 0.29) is 28.7 Å². The fourth-order valence-electron chi connectivity index (χ4n) is 6.81. The number of likely N-dealkylation sites (tertiary alicyclic amines) is 1. The smallest absolute Gasteiger partial charge is 0.310 e. The molecule has 3 fully saturated rings. The highest BCUT2D eigenvalue weighted by molar-refractivity contribution is 9.09. The second kappa shape index (κ2) is 10.1. The molecule has 3 saturated heterocycles. The van der Waals surface area contributed by atoms with Crippen LogP contribution in [0.15, 0.2) is 12.7 Å². The zero-order chi connectivity index (χ0) is 26.3. The molecular formula is C26H41BrN2O6. The van der Waals surface area contributed by atoms with E-state index in [2.05, 4.69) is 43.3 Å². The fourth-order valence-corrected chi connectivity index (χ4v) is 7.75. The monoisotopic (exact) mass is 556 g/mol. The van der Waals surface area contributed by atoms with E-state index in [4.69, 9.17) is 9.84 Å². The predicted octanol–water partition coefficient (Wildman–Crippen LogP) is 3.21. The number of halogens is 1. The topological polar surface area (TPSA) is 107 Å². The highest BCUT2D eigenvalue weighted by atomic mass is 79.9. The highest BCUT2D eigenvalue weighted by Crippen LogP contribution is 2.60. The summed E-state index contributed by atoms with van der Waals surface area (Å²) in [5, 5.41) is 19.2. The molecule has 6 atom stereocenters. The number of rotatable bonds is 11. The van der Waals surface area contributed by atoms with Crippen LogP contribution in [0, 0.1) is 17.3 Å². The van der Waals surface area contributed by atoms with E-state index >= 15 is 0 Å². The predicted molar refractivity (Wildman–Crippen MR) is 136 cm³/mol. The normalized spacial score (nSPS) is 32.1. The van der Waals surface area contributed by atoms with Gasteiger partial charge >= 0.3 is 5.97 Å². The SMILES string of the molecule is C=CCN(C(=O)[C@H]1N(CCCCCO)C(=O)[C@@H]2[C@@H](C(=O)O)[C@@H]3O[C@@]21CC3Br)C(C)(C)CC(C)(C)C. The highest BCUT2D eigenvalue weighted by Gasteiger charge is 2.77. The summed E-state index contributed by atoms with van der Waals surface area (Å²) in [6.07, 6.45) is 4.11. The van der Waals surface area contributed by atoms with Crippen LogP contribution >= 0.6 is 15.9 Å². The van der Waals surface area contributed by atoms with Crippen LogP contribution in [0.5, 0.6) is 0 Å². The molecule has 8 nitrogen and oxygen atoms in total. The first kappa shape index (κ1) is 28.1. The fraction of sp³-hybridized carbons (Fsp3) is 0.808. The molecule has 0 radical (unpaired) electrons. The molecule has 2 bridgehead atoms. The molecule has 35 heavy (non-hydrogen) atoms. The molecule has 9 heteroatoms. The molecule has 3 aliphatic heterocycles. The molecule has 0 aromatic carbocycles. The number of aliphatic hydroxyl groups is 1. The van der Waals surface area contributed by atoms with Crippen molar-refractivity contribution in [2.45, 2.75) is 94.8 Å². The number of hydrogen-bond donors (Lipinski definition) is 2. The van der Waals surface area contributed by atoms with Gasteiger partial charge in [0, 0.05) is 30.1 Å². The summed E-state index contributed by atoms with van der Waals surface area (Å²) in [7, 11) is 0. The van der Waals surface area contributed by atoms with E-state index < -0.39 is 41.1 Å². The second-order valence-electron chi connectivity index (χ2n) is 12.1. The first-order valence-electron chi connectivity index (χ1n) is 12.6. The molecule has 1 spiro atoms. The Balaban J connectivity index is 2.05. The molecule has 0 saturated carbocycles. The number of carboxylic acids is 1. The Bertz CT molecular complexity index is 855. The van der Waals surface area contributed by atoms with Gasteiger partial charge in [-0.2, -0.15) is 0 Å². The zero-order valence-corrected chi connectivity index (χ0v) is 23.2. The molecule has 2 N–H and O–H groups in total. The quantitative estimate of drug-likeness (QED) is 0.230. The molecule has 1 unspecified atom stereocenters. The van der Waals surface area contributed by atoms with Crippen LogP contribution in [0.25, 0.3) is 0 Å². The maximum absolute atomic E-state index is 14.4. The first-order valence-corrected chi connectivity index (χ1v) is 13.5. The largest absolute Gasteiger partial charge is 0.481 e. The maximum atomic E-state index is 14.4. The molecule has 0 aromatic rings. The van der Waals surface area contributed by atoms with Gasteiger partial charge in [-0.3, -0.25) is 14.4 Å². The van der Waals surface area contributed by atoms with Gasteiger partial charge < -0.3 is 24.7 Å². The van der Waals surface area contributed by atoms with Gasteiger partial charge in [0.1, 0.15) is 11.6 Å².